The van der Waals surface area contributed by atoms with E-state index in [0.717, 1.165) is 23.8 Å². The minimum absolute atomic E-state index is 0.110. The SMILES string of the molecule is C=CCn1c(SCC(=O)NC2CCCC2)nnc1C1CCCCC1. The molecule has 0 spiro atoms. The van der Waals surface area contributed by atoms with Crippen LogP contribution in [0.4, 0.5) is 0 Å². The lowest BCUT2D eigenvalue weighted by Crippen LogP contribution is -2.33. The molecule has 0 bridgehead atoms. The van der Waals surface area contributed by atoms with Crippen LogP contribution in [0.1, 0.15) is 69.5 Å². The Balaban J connectivity index is 1.60. The second kappa shape index (κ2) is 8.70. The van der Waals surface area contributed by atoms with Gasteiger partial charge in [0.2, 0.25) is 5.91 Å². The molecule has 3 rings (SSSR count). The molecule has 0 unspecified atom stereocenters. The topological polar surface area (TPSA) is 59.8 Å². The number of hydrogen-bond acceptors (Lipinski definition) is 4. The number of nitrogens with zero attached hydrogens (tertiary/aromatic N) is 3. The number of thioether (sulfide) groups is 1. The zero-order valence-corrected chi connectivity index (χ0v) is 15.2. The summed E-state index contributed by atoms with van der Waals surface area (Å²) in [6, 6.07) is 0.377. The summed E-state index contributed by atoms with van der Waals surface area (Å²) in [7, 11) is 0. The fourth-order valence-electron chi connectivity index (χ4n) is 3.84. The van der Waals surface area contributed by atoms with Crippen LogP contribution in [0.2, 0.25) is 0 Å². The van der Waals surface area contributed by atoms with Crippen LogP contribution in [0.5, 0.6) is 0 Å². The van der Waals surface area contributed by atoms with E-state index in [1.807, 2.05) is 6.08 Å². The van der Waals surface area contributed by atoms with Crippen molar-refractivity contribution in [2.75, 3.05) is 5.75 Å². The van der Waals surface area contributed by atoms with Crippen LogP contribution in [0.3, 0.4) is 0 Å². The molecule has 0 atom stereocenters. The van der Waals surface area contributed by atoms with E-state index in [-0.39, 0.29) is 5.91 Å². The van der Waals surface area contributed by atoms with E-state index in [9.17, 15) is 4.79 Å². The second-order valence-electron chi connectivity index (χ2n) is 6.91. The third-order valence-corrected chi connectivity index (χ3v) is 6.05. The molecule has 0 aromatic carbocycles. The van der Waals surface area contributed by atoms with Gasteiger partial charge in [-0.05, 0) is 25.7 Å². The third-order valence-electron chi connectivity index (χ3n) is 5.08. The highest BCUT2D eigenvalue weighted by Gasteiger charge is 2.23. The summed E-state index contributed by atoms with van der Waals surface area (Å²) in [6.07, 6.45) is 12.9. The zero-order chi connectivity index (χ0) is 16.8. The molecular weight excluding hydrogens is 320 g/mol. The van der Waals surface area contributed by atoms with Gasteiger partial charge in [0.25, 0.3) is 0 Å². The van der Waals surface area contributed by atoms with Crippen molar-refractivity contribution < 1.29 is 4.79 Å². The summed E-state index contributed by atoms with van der Waals surface area (Å²) >= 11 is 1.49. The van der Waals surface area contributed by atoms with Crippen LogP contribution < -0.4 is 5.32 Å². The highest BCUT2D eigenvalue weighted by atomic mass is 32.2. The number of rotatable bonds is 7. The van der Waals surface area contributed by atoms with Gasteiger partial charge in [-0.2, -0.15) is 0 Å². The monoisotopic (exact) mass is 348 g/mol. The predicted octanol–water partition coefficient (Wildman–Crippen LogP) is 3.66. The summed E-state index contributed by atoms with van der Waals surface area (Å²) in [5.41, 5.74) is 0. The van der Waals surface area contributed by atoms with Crippen molar-refractivity contribution in [3.63, 3.8) is 0 Å². The van der Waals surface area contributed by atoms with Gasteiger partial charge in [0, 0.05) is 18.5 Å². The molecule has 2 fully saturated rings. The Hall–Kier alpha value is -1.30. The molecule has 6 heteroatoms. The summed E-state index contributed by atoms with van der Waals surface area (Å²) in [6.45, 7) is 4.58. The van der Waals surface area contributed by atoms with Crippen molar-refractivity contribution in [1.29, 1.82) is 0 Å². The smallest absolute Gasteiger partial charge is 0.230 e. The highest BCUT2D eigenvalue weighted by Crippen LogP contribution is 2.33. The van der Waals surface area contributed by atoms with Gasteiger partial charge >= 0.3 is 0 Å². The first-order chi connectivity index (χ1) is 11.8. The Kier molecular flexibility index (Phi) is 6.35. The summed E-state index contributed by atoms with van der Waals surface area (Å²) in [5, 5.41) is 12.8. The van der Waals surface area contributed by atoms with Crippen LogP contribution >= 0.6 is 11.8 Å². The number of carbonyl (C=O) groups is 1. The third kappa shape index (κ3) is 4.41. The molecule has 5 nitrogen and oxygen atoms in total. The molecule has 24 heavy (non-hydrogen) atoms. The van der Waals surface area contributed by atoms with E-state index in [4.69, 9.17) is 0 Å². The quantitative estimate of drug-likeness (QED) is 0.603. The van der Waals surface area contributed by atoms with E-state index in [0.29, 0.717) is 24.3 Å². The molecule has 1 amide bonds. The highest BCUT2D eigenvalue weighted by molar-refractivity contribution is 7.99. The van der Waals surface area contributed by atoms with Gasteiger partial charge in [-0.25, -0.2) is 0 Å². The Labute approximate surface area is 148 Å². The lowest BCUT2D eigenvalue weighted by atomic mass is 9.89. The van der Waals surface area contributed by atoms with Gasteiger partial charge in [0.1, 0.15) is 5.82 Å². The Bertz CT molecular complexity index is 559. The molecule has 2 aliphatic carbocycles. The average Bonchev–Trinajstić information content (AvgIpc) is 3.24. The number of allylic oxidation sites excluding steroid dienone is 1. The van der Waals surface area contributed by atoms with Crippen molar-refractivity contribution in [3.8, 4) is 0 Å². The molecule has 0 saturated heterocycles. The molecule has 2 saturated carbocycles. The Morgan fingerprint density at radius 2 is 1.88 bits per heavy atom. The molecule has 132 valence electrons. The Morgan fingerprint density at radius 1 is 1.17 bits per heavy atom. The predicted molar refractivity (Wildman–Crippen MR) is 97.2 cm³/mol. The summed E-state index contributed by atoms with van der Waals surface area (Å²) in [4.78, 5) is 12.1. The first-order valence-corrected chi connectivity index (χ1v) is 10.2. The van der Waals surface area contributed by atoms with E-state index in [1.165, 1.54) is 56.7 Å². The maximum atomic E-state index is 12.1. The lowest BCUT2D eigenvalue weighted by molar-refractivity contribution is -0.119. The van der Waals surface area contributed by atoms with Gasteiger partial charge < -0.3 is 9.88 Å². The van der Waals surface area contributed by atoms with Gasteiger partial charge in [-0.1, -0.05) is 49.9 Å². The molecule has 0 aliphatic heterocycles. The number of carbonyl (C=O) groups excluding carboxylic acids is 1. The van der Waals surface area contributed by atoms with Crippen molar-refractivity contribution in [2.24, 2.45) is 0 Å². The lowest BCUT2D eigenvalue weighted by Gasteiger charge is -2.21. The maximum absolute atomic E-state index is 12.1. The van der Waals surface area contributed by atoms with E-state index in [1.54, 1.807) is 0 Å². The normalized spacial score (nSPS) is 19.5. The van der Waals surface area contributed by atoms with Gasteiger partial charge in [-0.3, -0.25) is 4.79 Å². The largest absolute Gasteiger partial charge is 0.353 e. The molecule has 2 aliphatic rings. The average molecular weight is 349 g/mol. The van der Waals surface area contributed by atoms with E-state index in [2.05, 4.69) is 26.7 Å². The van der Waals surface area contributed by atoms with Gasteiger partial charge in [-0.15, -0.1) is 16.8 Å². The first kappa shape index (κ1) is 17.5. The van der Waals surface area contributed by atoms with Crippen LogP contribution in [0, 0.1) is 0 Å². The minimum Gasteiger partial charge on any atom is -0.353 e. The molecular formula is C18H28N4OS. The van der Waals surface area contributed by atoms with E-state index >= 15 is 0 Å². The minimum atomic E-state index is 0.110. The van der Waals surface area contributed by atoms with Crippen molar-refractivity contribution in [3.05, 3.63) is 18.5 Å². The van der Waals surface area contributed by atoms with Crippen LogP contribution in [0.15, 0.2) is 17.8 Å². The maximum Gasteiger partial charge on any atom is 0.230 e. The number of hydrogen-bond donors (Lipinski definition) is 1. The molecule has 1 heterocycles. The van der Waals surface area contributed by atoms with Crippen molar-refractivity contribution in [1.82, 2.24) is 20.1 Å². The zero-order valence-electron chi connectivity index (χ0n) is 14.4. The molecule has 1 aromatic heterocycles. The number of nitrogens with one attached hydrogen (secondary N) is 1. The number of aromatic nitrogens is 3. The fraction of sp³-hybridized carbons (Fsp3) is 0.722. The van der Waals surface area contributed by atoms with Crippen LogP contribution in [0.25, 0.3) is 0 Å². The molecule has 0 radical (unpaired) electrons. The summed E-state index contributed by atoms with van der Waals surface area (Å²) in [5.74, 6) is 2.11. The van der Waals surface area contributed by atoms with Crippen LogP contribution in [-0.2, 0) is 11.3 Å². The fourth-order valence-corrected chi connectivity index (χ4v) is 4.61. The molecule has 1 aromatic rings. The number of amides is 1. The standard InChI is InChI=1S/C18H28N4OS/c1-2-12-22-17(14-8-4-3-5-9-14)20-21-18(22)24-13-16(23)19-15-10-6-7-11-15/h2,14-15H,1,3-13H2,(H,19,23). The Morgan fingerprint density at radius 3 is 2.58 bits per heavy atom. The van der Waals surface area contributed by atoms with Crippen LogP contribution in [-0.4, -0.2) is 32.5 Å². The van der Waals surface area contributed by atoms with Crippen molar-refractivity contribution in [2.45, 2.75) is 81.4 Å². The van der Waals surface area contributed by atoms with Gasteiger partial charge in [0.05, 0.1) is 5.75 Å². The van der Waals surface area contributed by atoms with Crippen molar-refractivity contribution >= 4 is 17.7 Å². The summed E-state index contributed by atoms with van der Waals surface area (Å²) < 4.78 is 2.15. The van der Waals surface area contributed by atoms with E-state index < -0.39 is 0 Å². The van der Waals surface area contributed by atoms with Gasteiger partial charge in [0.15, 0.2) is 5.16 Å². The second-order valence-corrected chi connectivity index (χ2v) is 7.86. The first-order valence-electron chi connectivity index (χ1n) is 9.24. The molecule has 1 N–H and O–H groups in total.